The minimum Gasteiger partial charge on any atom is -0.391 e. The fourth-order valence-corrected chi connectivity index (χ4v) is 3.13. The van der Waals surface area contributed by atoms with Gasteiger partial charge in [0.25, 0.3) is 0 Å². The third-order valence-corrected chi connectivity index (χ3v) is 4.36. The zero-order valence-corrected chi connectivity index (χ0v) is 11.5. The maximum absolute atomic E-state index is 9.62. The number of aromatic nitrogens is 2. The summed E-state index contributed by atoms with van der Waals surface area (Å²) >= 11 is 0. The van der Waals surface area contributed by atoms with Gasteiger partial charge in [-0.3, -0.25) is 0 Å². The Morgan fingerprint density at radius 2 is 2.05 bits per heavy atom. The van der Waals surface area contributed by atoms with Crippen LogP contribution in [0.5, 0.6) is 0 Å². The average Bonchev–Trinajstić information content (AvgIpc) is 3.09. The van der Waals surface area contributed by atoms with E-state index < -0.39 is 0 Å². The van der Waals surface area contributed by atoms with E-state index in [4.69, 9.17) is 0 Å². The zero-order valence-electron chi connectivity index (χ0n) is 11.5. The Bertz CT molecular complexity index is 433. The molecule has 1 aromatic rings. The van der Waals surface area contributed by atoms with Crippen LogP contribution in [0.3, 0.4) is 0 Å². The third-order valence-electron chi connectivity index (χ3n) is 4.36. The summed E-state index contributed by atoms with van der Waals surface area (Å²) in [4.78, 5) is 13.2. The van der Waals surface area contributed by atoms with Crippen LogP contribution < -0.4 is 9.80 Å². The molecule has 0 radical (unpaired) electrons. The van der Waals surface area contributed by atoms with E-state index in [-0.39, 0.29) is 6.10 Å². The standard InChI is InChI=1S/C14H22N4O/c1-17(11-4-2-3-5-11)13-8-14(16-10-15-13)18-7-6-12(19)9-18/h8,10-12,19H,2-7,9H2,1H3. The maximum atomic E-state index is 9.62. The van der Waals surface area contributed by atoms with Gasteiger partial charge in [0.15, 0.2) is 0 Å². The van der Waals surface area contributed by atoms with E-state index in [1.54, 1.807) is 6.33 Å². The highest BCUT2D eigenvalue weighted by molar-refractivity contribution is 5.51. The summed E-state index contributed by atoms with van der Waals surface area (Å²) < 4.78 is 0. The predicted molar refractivity (Wildman–Crippen MR) is 75.5 cm³/mol. The number of hydrogen-bond acceptors (Lipinski definition) is 5. The van der Waals surface area contributed by atoms with E-state index in [2.05, 4.69) is 32.9 Å². The predicted octanol–water partition coefficient (Wildman–Crippen LogP) is 1.43. The van der Waals surface area contributed by atoms with Gasteiger partial charge in [-0.2, -0.15) is 0 Å². The molecule has 1 aliphatic heterocycles. The number of aliphatic hydroxyl groups is 1. The van der Waals surface area contributed by atoms with Crippen molar-refractivity contribution < 1.29 is 5.11 Å². The lowest BCUT2D eigenvalue weighted by molar-refractivity contribution is 0.198. The molecule has 2 aliphatic rings. The summed E-state index contributed by atoms with van der Waals surface area (Å²) in [6.07, 6.45) is 7.43. The van der Waals surface area contributed by atoms with Gasteiger partial charge in [-0.15, -0.1) is 0 Å². The first kappa shape index (κ1) is 12.7. The van der Waals surface area contributed by atoms with Crippen molar-refractivity contribution in [3.63, 3.8) is 0 Å². The van der Waals surface area contributed by atoms with Crippen molar-refractivity contribution in [1.29, 1.82) is 0 Å². The van der Waals surface area contributed by atoms with Crippen molar-refractivity contribution in [2.75, 3.05) is 29.9 Å². The molecule has 2 fully saturated rings. The summed E-state index contributed by atoms with van der Waals surface area (Å²) in [5.74, 6) is 1.93. The highest BCUT2D eigenvalue weighted by Crippen LogP contribution is 2.27. The van der Waals surface area contributed by atoms with Gasteiger partial charge in [0.05, 0.1) is 6.10 Å². The molecule has 19 heavy (non-hydrogen) atoms. The number of rotatable bonds is 3. The Balaban J connectivity index is 1.75. The molecular weight excluding hydrogens is 240 g/mol. The smallest absolute Gasteiger partial charge is 0.134 e. The normalized spacial score (nSPS) is 24.1. The van der Waals surface area contributed by atoms with Crippen LogP contribution in [-0.4, -0.2) is 47.4 Å². The second kappa shape index (κ2) is 5.33. The Morgan fingerprint density at radius 3 is 2.74 bits per heavy atom. The molecule has 3 rings (SSSR count). The zero-order chi connectivity index (χ0) is 13.2. The van der Waals surface area contributed by atoms with E-state index in [1.165, 1.54) is 25.7 Å². The number of nitrogens with zero attached hydrogens (tertiary/aromatic N) is 4. The van der Waals surface area contributed by atoms with E-state index in [0.29, 0.717) is 12.6 Å². The van der Waals surface area contributed by atoms with Crippen molar-refractivity contribution in [3.05, 3.63) is 12.4 Å². The Hall–Kier alpha value is -1.36. The Labute approximate surface area is 114 Å². The lowest BCUT2D eigenvalue weighted by Gasteiger charge is -2.26. The maximum Gasteiger partial charge on any atom is 0.134 e. The van der Waals surface area contributed by atoms with Crippen molar-refractivity contribution in [2.24, 2.45) is 0 Å². The van der Waals surface area contributed by atoms with Crippen LogP contribution in [0.4, 0.5) is 11.6 Å². The van der Waals surface area contributed by atoms with Crippen LogP contribution in [0, 0.1) is 0 Å². The molecular formula is C14H22N4O. The van der Waals surface area contributed by atoms with Crippen LogP contribution in [0.15, 0.2) is 12.4 Å². The molecule has 1 aliphatic carbocycles. The van der Waals surface area contributed by atoms with Gasteiger partial charge in [0.1, 0.15) is 18.0 Å². The van der Waals surface area contributed by atoms with Crippen LogP contribution in [0.2, 0.25) is 0 Å². The molecule has 1 aromatic heterocycles. The van der Waals surface area contributed by atoms with Gasteiger partial charge in [0.2, 0.25) is 0 Å². The minimum absolute atomic E-state index is 0.217. The first-order chi connectivity index (χ1) is 9.24. The van der Waals surface area contributed by atoms with Crippen molar-refractivity contribution >= 4 is 11.6 Å². The molecule has 104 valence electrons. The Kier molecular flexibility index (Phi) is 3.55. The van der Waals surface area contributed by atoms with Gasteiger partial charge in [0, 0.05) is 32.2 Å². The quantitative estimate of drug-likeness (QED) is 0.893. The monoisotopic (exact) mass is 262 g/mol. The van der Waals surface area contributed by atoms with Gasteiger partial charge in [-0.25, -0.2) is 9.97 Å². The van der Waals surface area contributed by atoms with Gasteiger partial charge < -0.3 is 14.9 Å². The summed E-state index contributed by atoms with van der Waals surface area (Å²) in [6.45, 7) is 1.56. The van der Waals surface area contributed by atoms with Crippen LogP contribution in [-0.2, 0) is 0 Å². The van der Waals surface area contributed by atoms with Crippen molar-refractivity contribution in [3.8, 4) is 0 Å². The highest BCUT2D eigenvalue weighted by atomic mass is 16.3. The van der Waals surface area contributed by atoms with E-state index in [9.17, 15) is 5.11 Å². The van der Waals surface area contributed by atoms with E-state index in [0.717, 1.165) is 24.6 Å². The lowest BCUT2D eigenvalue weighted by atomic mass is 10.2. The van der Waals surface area contributed by atoms with Crippen molar-refractivity contribution in [1.82, 2.24) is 9.97 Å². The Morgan fingerprint density at radius 1 is 1.26 bits per heavy atom. The molecule has 0 aromatic carbocycles. The second-order valence-corrected chi connectivity index (χ2v) is 5.67. The first-order valence-corrected chi connectivity index (χ1v) is 7.22. The topological polar surface area (TPSA) is 52.5 Å². The lowest BCUT2D eigenvalue weighted by Crippen LogP contribution is -2.30. The van der Waals surface area contributed by atoms with Crippen LogP contribution in [0.25, 0.3) is 0 Å². The van der Waals surface area contributed by atoms with E-state index in [1.807, 2.05) is 0 Å². The minimum atomic E-state index is -0.217. The second-order valence-electron chi connectivity index (χ2n) is 5.67. The number of β-amino-alcohol motifs (C(OH)–C–C–N with tert-alkyl or cyclic N) is 1. The number of anilines is 2. The fraction of sp³-hybridized carbons (Fsp3) is 0.714. The van der Waals surface area contributed by atoms with E-state index >= 15 is 0 Å². The summed E-state index contributed by atoms with van der Waals surface area (Å²) in [5.41, 5.74) is 0. The molecule has 1 atom stereocenters. The average molecular weight is 262 g/mol. The first-order valence-electron chi connectivity index (χ1n) is 7.22. The molecule has 5 heteroatoms. The molecule has 0 amide bonds. The molecule has 5 nitrogen and oxygen atoms in total. The molecule has 0 spiro atoms. The number of hydrogen-bond donors (Lipinski definition) is 1. The molecule has 1 saturated carbocycles. The summed E-state index contributed by atoms with van der Waals surface area (Å²) in [6, 6.07) is 2.67. The highest BCUT2D eigenvalue weighted by Gasteiger charge is 2.24. The van der Waals surface area contributed by atoms with Gasteiger partial charge >= 0.3 is 0 Å². The molecule has 1 unspecified atom stereocenters. The largest absolute Gasteiger partial charge is 0.391 e. The van der Waals surface area contributed by atoms with Gasteiger partial charge in [-0.05, 0) is 19.3 Å². The van der Waals surface area contributed by atoms with Gasteiger partial charge in [-0.1, -0.05) is 12.8 Å². The molecule has 0 bridgehead atoms. The van der Waals surface area contributed by atoms with Crippen LogP contribution in [0.1, 0.15) is 32.1 Å². The number of aliphatic hydroxyl groups excluding tert-OH is 1. The third kappa shape index (κ3) is 2.66. The fourth-order valence-electron chi connectivity index (χ4n) is 3.13. The molecule has 1 N–H and O–H groups in total. The van der Waals surface area contributed by atoms with Crippen LogP contribution >= 0.6 is 0 Å². The SMILES string of the molecule is CN(c1cc(N2CCC(O)C2)ncn1)C1CCCC1. The summed E-state index contributed by atoms with van der Waals surface area (Å²) in [5, 5.41) is 9.62. The van der Waals surface area contributed by atoms with Crippen molar-refractivity contribution in [2.45, 2.75) is 44.2 Å². The molecule has 1 saturated heterocycles. The molecule has 2 heterocycles. The summed E-state index contributed by atoms with van der Waals surface area (Å²) in [7, 11) is 2.13.